The van der Waals surface area contributed by atoms with Gasteiger partial charge in [0.2, 0.25) is 15.9 Å². The van der Waals surface area contributed by atoms with Crippen molar-refractivity contribution >= 4 is 22.0 Å². The van der Waals surface area contributed by atoms with Gasteiger partial charge in [0.1, 0.15) is 10.6 Å². The summed E-state index contributed by atoms with van der Waals surface area (Å²) in [6.07, 6.45) is 6.02. The molecule has 1 aliphatic rings. The quantitative estimate of drug-likeness (QED) is 0.737. The molecule has 0 aromatic heterocycles. The number of sulfonamides is 1. The Balaban J connectivity index is 1.78. The molecule has 0 saturated heterocycles. The highest BCUT2D eigenvalue weighted by molar-refractivity contribution is 7.89. The lowest BCUT2D eigenvalue weighted by atomic mass is 9.88. The number of hydrogen-bond acceptors (Lipinski definition) is 4. The summed E-state index contributed by atoms with van der Waals surface area (Å²) in [5.41, 5.74) is 3.05. The molecule has 0 bridgehead atoms. The highest BCUT2D eigenvalue weighted by Gasteiger charge is 2.23. The van der Waals surface area contributed by atoms with E-state index in [2.05, 4.69) is 17.4 Å². The van der Waals surface area contributed by atoms with Gasteiger partial charge in [0.05, 0.1) is 13.2 Å². The van der Waals surface area contributed by atoms with Crippen LogP contribution in [0.15, 0.2) is 53.4 Å². The van der Waals surface area contributed by atoms with E-state index >= 15 is 0 Å². The van der Waals surface area contributed by atoms with E-state index in [1.54, 1.807) is 18.2 Å². The van der Waals surface area contributed by atoms with Gasteiger partial charge in [-0.05, 0) is 54.2 Å². The highest BCUT2D eigenvalue weighted by Crippen LogP contribution is 2.30. The van der Waals surface area contributed by atoms with Crippen LogP contribution in [0, 0.1) is 0 Å². The first-order valence-corrected chi connectivity index (χ1v) is 10.9. The van der Waals surface area contributed by atoms with Crippen LogP contribution >= 0.6 is 0 Å². The number of benzene rings is 2. The molecule has 29 heavy (non-hydrogen) atoms. The minimum atomic E-state index is -3.66. The molecule has 1 amide bonds. The van der Waals surface area contributed by atoms with E-state index in [4.69, 9.17) is 4.74 Å². The summed E-state index contributed by atoms with van der Waals surface area (Å²) < 4.78 is 31.4. The van der Waals surface area contributed by atoms with Gasteiger partial charge in [-0.25, -0.2) is 12.7 Å². The molecule has 2 aromatic rings. The minimum Gasteiger partial charge on any atom is -0.495 e. The fourth-order valence-electron chi connectivity index (χ4n) is 3.49. The number of aryl methyl sites for hydroxylation is 1. The lowest BCUT2D eigenvalue weighted by Crippen LogP contribution is -2.29. The van der Waals surface area contributed by atoms with Crippen LogP contribution in [0.3, 0.4) is 0 Å². The van der Waals surface area contributed by atoms with Crippen molar-refractivity contribution in [1.29, 1.82) is 0 Å². The van der Waals surface area contributed by atoms with Crippen molar-refractivity contribution in [3.8, 4) is 5.75 Å². The number of nitrogens with zero attached hydrogens (tertiary/aromatic N) is 1. The van der Waals surface area contributed by atoms with E-state index in [0.29, 0.717) is 5.56 Å². The number of ether oxygens (including phenoxy) is 1. The second kappa shape index (κ2) is 8.80. The Bertz CT molecular complexity index is 1030. The molecule has 1 N–H and O–H groups in total. The normalized spacial score (nSPS) is 16.6. The predicted molar refractivity (Wildman–Crippen MR) is 113 cm³/mol. The molecule has 1 aliphatic carbocycles. The van der Waals surface area contributed by atoms with Crippen molar-refractivity contribution in [2.45, 2.75) is 30.2 Å². The Hall–Kier alpha value is -2.64. The van der Waals surface area contributed by atoms with Crippen molar-refractivity contribution in [3.05, 3.63) is 65.2 Å². The second-order valence-corrected chi connectivity index (χ2v) is 9.30. The zero-order valence-corrected chi connectivity index (χ0v) is 17.7. The smallest absolute Gasteiger partial charge is 0.246 e. The maximum Gasteiger partial charge on any atom is 0.246 e. The van der Waals surface area contributed by atoms with E-state index in [1.807, 2.05) is 12.1 Å². The Kier molecular flexibility index (Phi) is 6.39. The summed E-state index contributed by atoms with van der Waals surface area (Å²) in [4.78, 5) is 12.5. The van der Waals surface area contributed by atoms with Crippen LogP contribution in [0.2, 0.25) is 0 Å². The second-order valence-electron chi connectivity index (χ2n) is 7.18. The number of carbonyl (C=O) groups excluding carboxylic acids is 1. The van der Waals surface area contributed by atoms with Gasteiger partial charge in [-0.3, -0.25) is 4.79 Å². The van der Waals surface area contributed by atoms with Gasteiger partial charge in [-0.15, -0.1) is 0 Å². The molecule has 0 fully saturated rings. The molecule has 0 heterocycles. The van der Waals surface area contributed by atoms with Gasteiger partial charge in [0.25, 0.3) is 0 Å². The van der Waals surface area contributed by atoms with Gasteiger partial charge in [0, 0.05) is 20.2 Å². The van der Waals surface area contributed by atoms with Crippen molar-refractivity contribution < 1.29 is 17.9 Å². The molecule has 0 unspecified atom stereocenters. The maximum absolute atomic E-state index is 12.5. The molecule has 154 valence electrons. The van der Waals surface area contributed by atoms with E-state index in [0.717, 1.165) is 23.6 Å². The number of amides is 1. The molecule has 1 atom stereocenters. The first kappa shape index (κ1) is 21.1. The number of hydrogen-bond donors (Lipinski definition) is 1. The molecule has 7 heteroatoms. The minimum absolute atomic E-state index is 0.00218. The maximum atomic E-state index is 12.5. The van der Waals surface area contributed by atoms with Gasteiger partial charge in [0.15, 0.2) is 0 Å². The van der Waals surface area contributed by atoms with E-state index in [9.17, 15) is 13.2 Å². The Morgan fingerprint density at radius 3 is 2.69 bits per heavy atom. The molecule has 0 saturated carbocycles. The fraction of sp³-hybridized carbons (Fsp3) is 0.318. The first-order chi connectivity index (χ1) is 13.8. The summed E-state index contributed by atoms with van der Waals surface area (Å²) in [5, 5.41) is 3.05. The van der Waals surface area contributed by atoms with Gasteiger partial charge in [-0.1, -0.05) is 30.3 Å². The largest absolute Gasteiger partial charge is 0.495 e. The monoisotopic (exact) mass is 414 g/mol. The number of fused-ring (bicyclic) bond motifs is 1. The summed E-state index contributed by atoms with van der Waals surface area (Å²) in [6, 6.07) is 13.0. The SMILES string of the molecule is COc1ccc(/C=C/C(=O)N[C@H]2CCCc3ccccc32)cc1S(=O)(=O)N(C)C. The van der Waals surface area contributed by atoms with Gasteiger partial charge < -0.3 is 10.1 Å². The predicted octanol–water partition coefficient (Wildman–Crippen LogP) is 3.15. The molecular weight excluding hydrogens is 388 g/mol. The lowest BCUT2D eigenvalue weighted by molar-refractivity contribution is -0.117. The van der Waals surface area contributed by atoms with Crippen molar-refractivity contribution in [2.24, 2.45) is 0 Å². The van der Waals surface area contributed by atoms with Crippen LogP contribution in [0.5, 0.6) is 5.75 Å². The zero-order valence-electron chi connectivity index (χ0n) is 16.9. The Morgan fingerprint density at radius 1 is 1.21 bits per heavy atom. The molecule has 3 rings (SSSR count). The number of carbonyl (C=O) groups is 1. The van der Waals surface area contributed by atoms with E-state index in [-0.39, 0.29) is 22.6 Å². The fourth-order valence-corrected chi connectivity index (χ4v) is 4.57. The molecule has 0 radical (unpaired) electrons. The average Bonchev–Trinajstić information content (AvgIpc) is 2.72. The standard InChI is InChI=1S/C22H26N2O4S/c1-24(2)29(26,27)21-15-16(11-13-20(21)28-3)12-14-22(25)23-19-10-6-8-17-7-4-5-9-18(17)19/h4-5,7,9,11-15,19H,6,8,10H2,1-3H3,(H,23,25)/b14-12+/t19-/m0/s1. The third-order valence-electron chi connectivity index (χ3n) is 5.06. The van der Waals surface area contributed by atoms with Crippen LogP contribution in [-0.4, -0.2) is 39.8 Å². The van der Waals surface area contributed by atoms with Crippen molar-refractivity contribution in [3.63, 3.8) is 0 Å². The van der Waals surface area contributed by atoms with Crippen molar-refractivity contribution in [1.82, 2.24) is 9.62 Å². The van der Waals surface area contributed by atoms with Gasteiger partial charge in [-0.2, -0.15) is 0 Å². The third kappa shape index (κ3) is 4.68. The first-order valence-electron chi connectivity index (χ1n) is 9.50. The van der Waals surface area contributed by atoms with Crippen LogP contribution in [0.25, 0.3) is 6.08 Å². The van der Waals surface area contributed by atoms with Crippen LogP contribution < -0.4 is 10.1 Å². The van der Waals surface area contributed by atoms with E-state index < -0.39 is 10.0 Å². The molecule has 0 spiro atoms. The van der Waals surface area contributed by atoms with E-state index in [1.165, 1.54) is 44.5 Å². The Labute approximate surface area is 172 Å². The summed E-state index contributed by atoms with van der Waals surface area (Å²) in [5.74, 6) is 0.0543. The topological polar surface area (TPSA) is 75.7 Å². The van der Waals surface area contributed by atoms with Crippen LogP contribution in [0.1, 0.15) is 35.6 Å². The Morgan fingerprint density at radius 2 is 1.97 bits per heavy atom. The molecule has 6 nitrogen and oxygen atoms in total. The molecule has 2 aromatic carbocycles. The lowest BCUT2D eigenvalue weighted by Gasteiger charge is -2.25. The number of nitrogens with one attached hydrogen (secondary N) is 1. The van der Waals surface area contributed by atoms with Crippen molar-refractivity contribution in [2.75, 3.05) is 21.2 Å². The molecule has 0 aliphatic heterocycles. The third-order valence-corrected chi connectivity index (χ3v) is 6.90. The zero-order chi connectivity index (χ0) is 21.0. The number of methoxy groups -OCH3 is 1. The van der Waals surface area contributed by atoms with Gasteiger partial charge >= 0.3 is 0 Å². The van der Waals surface area contributed by atoms with Crippen LogP contribution in [0.4, 0.5) is 0 Å². The number of rotatable bonds is 6. The molecular formula is C22H26N2O4S. The summed E-state index contributed by atoms with van der Waals surface area (Å²) >= 11 is 0. The average molecular weight is 415 g/mol. The summed E-state index contributed by atoms with van der Waals surface area (Å²) in [7, 11) is 0.693. The highest BCUT2D eigenvalue weighted by atomic mass is 32.2. The summed E-state index contributed by atoms with van der Waals surface area (Å²) in [6.45, 7) is 0. The van der Waals surface area contributed by atoms with Crippen LogP contribution in [-0.2, 0) is 21.2 Å².